The van der Waals surface area contributed by atoms with Gasteiger partial charge in [-0.1, -0.05) is 45.4 Å². The number of nitrogens with one attached hydrogen (secondary N) is 1. The second-order valence-electron chi connectivity index (χ2n) is 4.72. The molecule has 1 saturated heterocycles. The van der Waals surface area contributed by atoms with Crippen LogP contribution in [-0.2, 0) is 0 Å². The van der Waals surface area contributed by atoms with E-state index in [0.717, 1.165) is 0 Å². The van der Waals surface area contributed by atoms with Crippen LogP contribution in [0.25, 0.3) is 0 Å². The van der Waals surface area contributed by atoms with E-state index in [1.54, 1.807) is 0 Å². The van der Waals surface area contributed by atoms with Crippen molar-refractivity contribution in [2.45, 2.75) is 64.7 Å². The number of unbranched alkanes of at least 4 members (excludes halogenated alkanes) is 5. The van der Waals surface area contributed by atoms with Gasteiger partial charge >= 0.3 is 0 Å². The minimum absolute atomic E-state index is 1.19. The number of hydrogen-bond acceptors (Lipinski definition) is 2. The first-order chi connectivity index (χ1) is 7.43. The molecule has 2 heteroatoms. The van der Waals surface area contributed by atoms with E-state index >= 15 is 0 Å². The van der Waals surface area contributed by atoms with Gasteiger partial charge in [-0.15, -0.1) is 0 Å². The third kappa shape index (κ3) is 6.91. The quantitative estimate of drug-likeness (QED) is 0.621. The second-order valence-corrected chi connectivity index (χ2v) is 4.72. The topological polar surface area (TPSA) is 15.3 Å². The summed E-state index contributed by atoms with van der Waals surface area (Å²) in [7, 11) is 0. The zero-order chi connectivity index (χ0) is 10.8. The molecule has 0 aromatic heterocycles. The fraction of sp³-hybridized carbons (Fsp3) is 1.00. The lowest BCUT2D eigenvalue weighted by molar-refractivity contribution is 0.153. The molecule has 1 aliphatic heterocycles. The van der Waals surface area contributed by atoms with E-state index in [4.69, 9.17) is 0 Å². The lowest BCUT2D eigenvalue weighted by Gasteiger charge is -2.27. The van der Waals surface area contributed by atoms with Crippen molar-refractivity contribution in [3.05, 3.63) is 0 Å². The van der Waals surface area contributed by atoms with E-state index in [0.29, 0.717) is 0 Å². The highest BCUT2D eigenvalue weighted by molar-refractivity contribution is 4.60. The first-order valence-corrected chi connectivity index (χ1v) is 6.92. The van der Waals surface area contributed by atoms with Gasteiger partial charge in [0.2, 0.25) is 0 Å². The summed E-state index contributed by atoms with van der Waals surface area (Å²) in [6.45, 7) is 5.98. The average Bonchev–Trinajstić information content (AvgIpc) is 2.29. The van der Waals surface area contributed by atoms with Crippen LogP contribution >= 0.6 is 0 Å². The third-order valence-corrected chi connectivity index (χ3v) is 3.22. The van der Waals surface area contributed by atoms with Crippen LogP contribution in [0, 0.1) is 0 Å². The molecule has 15 heavy (non-hydrogen) atoms. The van der Waals surface area contributed by atoms with Gasteiger partial charge in [0.15, 0.2) is 0 Å². The molecule has 1 rings (SSSR count). The predicted octanol–water partition coefficient (Wildman–Crippen LogP) is 3.34. The highest BCUT2D eigenvalue weighted by atomic mass is 15.5. The summed E-state index contributed by atoms with van der Waals surface area (Å²) < 4.78 is 0. The van der Waals surface area contributed by atoms with Crippen molar-refractivity contribution in [3.8, 4) is 0 Å². The summed E-state index contributed by atoms with van der Waals surface area (Å²) in [5.41, 5.74) is 3.55. The summed E-state index contributed by atoms with van der Waals surface area (Å²) in [6.07, 6.45) is 12.6. The molecule has 0 saturated carbocycles. The zero-order valence-electron chi connectivity index (χ0n) is 10.4. The fourth-order valence-electron chi connectivity index (χ4n) is 2.19. The van der Waals surface area contributed by atoms with Crippen molar-refractivity contribution in [3.63, 3.8) is 0 Å². The number of hydrazine groups is 1. The Hall–Kier alpha value is -0.0800. The zero-order valence-corrected chi connectivity index (χ0v) is 10.4. The third-order valence-electron chi connectivity index (χ3n) is 3.22. The van der Waals surface area contributed by atoms with Gasteiger partial charge in [-0.25, -0.2) is 5.01 Å². The molecule has 1 fully saturated rings. The minimum atomic E-state index is 1.19. The summed E-state index contributed by atoms with van der Waals surface area (Å²) in [5.74, 6) is 0. The lowest BCUT2D eigenvalue weighted by atomic mass is 10.1. The van der Waals surface area contributed by atoms with Gasteiger partial charge in [0.05, 0.1) is 0 Å². The maximum atomic E-state index is 3.55. The van der Waals surface area contributed by atoms with Crippen molar-refractivity contribution in [2.75, 3.05) is 19.6 Å². The Bertz CT molecular complexity index is 130. The summed E-state index contributed by atoms with van der Waals surface area (Å²) in [4.78, 5) is 0. The smallest absolute Gasteiger partial charge is 0.0131 e. The van der Waals surface area contributed by atoms with Gasteiger partial charge in [0.1, 0.15) is 0 Å². The molecule has 0 unspecified atom stereocenters. The van der Waals surface area contributed by atoms with Crippen molar-refractivity contribution in [1.29, 1.82) is 0 Å². The maximum absolute atomic E-state index is 3.55. The van der Waals surface area contributed by atoms with E-state index in [-0.39, 0.29) is 0 Å². The van der Waals surface area contributed by atoms with Crippen molar-refractivity contribution >= 4 is 0 Å². The van der Waals surface area contributed by atoms with Crippen molar-refractivity contribution < 1.29 is 0 Å². The largest absolute Gasteiger partial charge is 0.255 e. The lowest BCUT2D eigenvalue weighted by Crippen LogP contribution is -2.41. The molecule has 0 aromatic rings. The molecule has 0 atom stereocenters. The molecule has 1 heterocycles. The summed E-state index contributed by atoms with van der Waals surface area (Å²) in [6, 6.07) is 0. The molecule has 0 aliphatic carbocycles. The average molecular weight is 212 g/mol. The SMILES string of the molecule is CCCCCCCCNN1CCCCC1. The van der Waals surface area contributed by atoms with Gasteiger partial charge in [-0.3, -0.25) is 5.43 Å². The van der Waals surface area contributed by atoms with Gasteiger partial charge in [0.25, 0.3) is 0 Å². The van der Waals surface area contributed by atoms with Gasteiger partial charge in [-0.2, -0.15) is 0 Å². The second kappa shape index (κ2) is 9.17. The van der Waals surface area contributed by atoms with Gasteiger partial charge in [-0.05, 0) is 19.3 Å². The Balaban J connectivity index is 1.79. The highest BCUT2D eigenvalue weighted by Crippen LogP contribution is 2.07. The van der Waals surface area contributed by atoms with E-state index in [2.05, 4.69) is 17.4 Å². The molecule has 2 nitrogen and oxygen atoms in total. The predicted molar refractivity (Wildman–Crippen MR) is 66.8 cm³/mol. The molecule has 0 aromatic carbocycles. The number of piperidine rings is 1. The van der Waals surface area contributed by atoms with Crippen LogP contribution in [0.4, 0.5) is 0 Å². The van der Waals surface area contributed by atoms with Crippen LogP contribution in [0.5, 0.6) is 0 Å². The summed E-state index contributed by atoms with van der Waals surface area (Å²) >= 11 is 0. The number of nitrogens with zero attached hydrogens (tertiary/aromatic N) is 1. The first kappa shape index (κ1) is 13.0. The fourth-order valence-corrected chi connectivity index (χ4v) is 2.19. The Morgan fingerprint density at radius 3 is 2.27 bits per heavy atom. The van der Waals surface area contributed by atoms with Crippen LogP contribution in [0.1, 0.15) is 64.7 Å². The monoisotopic (exact) mass is 212 g/mol. The van der Waals surface area contributed by atoms with Crippen LogP contribution in [0.3, 0.4) is 0 Å². The molecule has 0 spiro atoms. The van der Waals surface area contributed by atoms with Crippen LogP contribution in [-0.4, -0.2) is 24.6 Å². The summed E-state index contributed by atoms with van der Waals surface area (Å²) in [5, 5.41) is 2.41. The van der Waals surface area contributed by atoms with Gasteiger partial charge < -0.3 is 0 Å². The van der Waals surface area contributed by atoms with Crippen LogP contribution in [0.15, 0.2) is 0 Å². The van der Waals surface area contributed by atoms with E-state index < -0.39 is 0 Å². The first-order valence-electron chi connectivity index (χ1n) is 6.92. The molecular formula is C13H28N2. The Labute approximate surface area is 95.4 Å². The maximum Gasteiger partial charge on any atom is 0.0131 e. The molecule has 1 aliphatic rings. The minimum Gasteiger partial charge on any atom is -0.255 e. The van der Waals surface area contributed by atoms with Gasteiger partial charge in [0, 0.05) is 19.6 Å². The highest BCUT2D eigenvalue weighted by Gasteiger charge is 2.07. The molecule has 1 N–H and O–H groups in total. The Morgan fingerprint density at radius 2 is 1.53 bits per heavy atom. The van der Waals surface area contributed by atoms with Crippen molar-refractivity contribution in [1.82, 2.24) is 10.4 Å². The van der Waals surface area contributed by atoms with Crippen LogP contribution in [0.2, 0.25) is 0 Å². The Morgan fingerprint density at radius 1 is 0.867 bits per heavy atom. The van der Waals surface area contributed by atoms with E-state index in [1.165, 1.54) is 77.4 Å². The number of hydrogen-bond donors (Lipinski definition) is 1. The molecule has 90 valence electrons. The molecule has 0 amide bonds. The molecular weight excluding hydrogens is 184 g/mol. The van der Waals surface area contributed by atoms with E-state index in [9.17, 15) is 0 Å². The van der Waals surface area contributed by atoms with Crippen LogP contribution < -0.4 is 5.43 Å². The standard InChI is InChI=1S/C13H28N2/c1-2-3-4-5-6-8-11-14-15-12-9-7-10-13-15/h14H,2-13H2,1H3. The normalized spacial score (nSPS) is 18.2. The molecule has 0 bridgehead atoms. The Kier molecular flexibility index (Phi) is 7.94. The van der Waals surface area contributed by atoms with E-state index in [1.807, 2.05) is 0 Å². The molecule has 0 radical (unpaired) electrons. The number of rotatable bonds is 8. The van der Waals surface area contributed by atoms with Crippen molar-refractivity contribution in [2.24, 2.45) is 0 Å².